The smallest absolute Gasteiger partial charge is 0.296 e. The Balaban J connectivity index is 1.80. The van der Waals surface area contributed by atoms with E-state index in [4.69, 9.17) is 13.9 Å². The number of carbonyl (C=O) groups is 2. The molecular weight excluding hydrogens is 422 g/mol. The quantitative estimate of drug-likeness (QED) is 0.323. The maximum atomic E-state index is 13.1. The van der Waals surface area contributed by atoms with E-state index in [9.17, 15) is 14.7 Å². The first-order valence-electron chi connectivity index (χ1n) is 10.6. The lowest BCUT2D eigenvalue weighted by molar-refractivity contribution is -0.140. The van der Waals surface area contributed by atoms with E-state index in [0.717, 1.165) is 5.56 Å². The molecule has 0 spiro atoms. The topological polar surface area (TPSA) is 89.2 Å². The average molecular weight is 447 g/mol. The van der Waals surface area contributed by atoms with E-state index >= 15 is 0 Å². The Morgan fingerprint density at radius 1 is 1.06 bits per heavy atom. The number of ketones is 1. The third-order valence-electron chi connectivity index (χ3n) is 5.50. The number of benzene rings is 2. The number of aliphatic hydroxyl groups excluding tert-OH is 1. The highest BCUT2D eigenvalue weighted by Crippen LogP contribution is 2.41. The number of amides is 1. The molecule has 0 saturated carbocycles. The number of aryl methyl sites for hydroxylation is 1. The maximum Gasteiger partial charge on any atom is 0.296 e. The molecule has 0 aliphatic carbocycles. The van der Waals surface area contributed by atoms with Crippen LogP contribution in [0.4, 0.5) is 0 Å². The van der Waals surface area contributed by atoms with Crippen molar-refractivity contribution in [2.75, 3.05) is 13.7 Å². The Kier molecular flexibility index (Phi) is 6.22. The van der Waals surface area contributed by atoms with Crippen LogP contribution in [-0.2, 0) is 16.1 Å². The van der Waals surface area contributed by atoms with Crippen molar-refractivity contribution in [3.8, 4) is 11.5 Å². The van der Waals surface area contributed by atoms with E-state index in [-0.39, 0.29) is 17.9 Å². The van der Waals surface area contributed by atoms with Crippen LogP contribution >= 0.6 is 0 Å². The number of carbonyl (C=O) groups excluding carboxylic acids is 2. The Labute approximate surface area is 191 Å². The summed E-state index contributed by atoms with van der Waals surface area (Å²) in [6.07, 6.45) is 0. The van der Waals surface area contributed by atoms with Gasteiger partial charge in [-0.3, -0.25) is 9.59 Å². The lowest BCUT2D eigenvalue weighted by atomic mass is 9.99. The molecular formula is C26H25NO6. The first-order valence-corrected chi connectivity index (χ1v) is 10.6. The summed E-state index contributed by atoms with van der Waals surface area (Å²) in [5.41, 5.74) is 1.18. The second kappa shape index (κ2) is 9.24. The lowest BCUT2D eigenvalue weighted by Crippen LogP contribution is -2.29. The molecule has 1 unspecified atom stereocenters. The predicted octanol–water partition coefficient (Wildman–Crippen LogP) is 4.62. The second-order valence-electron chi connectivity index (χ2n) is 7.68. The van der Waals surface area contributed by atoms with Gasteiger partial charge in [-0.25, -0.2) is 0 Å². The summed E-state index contributed by atoms with van der Waals surface area (Å²) in [6.45, 7) is 4.26. The molecule has 1 atom stereocenters. The van der Waals surface area contributed by atoms with Gasteiger partial charge in [0.25, 0.3) is 11.7 Å². The largest absolute Gasteiger partial charge is 0.507 e. The van der Waals surface area contributed by atoms with Crippen LogP contribution < -0.4 is 9.47 Å². The Morgan fingerprint density at radius 2 is 1.82 bits per heavy atom. The number of Topliss-reactive ketones (excluding diaryl/α,β-unsaturated/α-hetero) is 1. The molecule has 1 aliphatic heterocycles. The molecule has 1 N–H and O–H groups in total. The number of furan rings is 1. The van der Waals surface area contributed by atoms with Crippen LogP contribution in [0.25, 0.3) is 5.76 Å². The van der Waals surface area contributed by atoms with Crippen LogP contribution in [0, 0.1) is 6.92 Å². The first-order chi connectivity index (χ1) is 15.9. The van der Waals surface area contributed by atoms with E-state index in [1.165, 1.54) is 4.90 Å². The van der Waals surface area contributed by atoms with Crippen LogP contribution in [0.2, 0.25) is 0 Å². The van der Waals surface area contributed by atoms with E-state index in [0.29, 0.717) is 35.2 Å². The Hall–Kier alpha value is -4.00. The summed E-state index contributed by atoms with van der Waals surface area (Å²) >= 11 is 0. The van der Waals surface area contributed by atoms with Gasteiger partial charge in [-0.1, -0.05) is 24.3 Å². The number of methoxy groups -OCH3 is 1. The van der Waals surface area contributed by atoms with Crippen LogP contribution in [0.15, 0.2) is 70.7 Å². The Morgan fingerprint density at radius 3 is 2.45 bits per heavy atom. The van der Waals surface area contributed by atoms with Gasteiger partial charge in [0.2, 0.25) is 0 Å². The summed E-state index contributed by atoms with van der Waals surface area (Å²) in [5.74, 6) is 0.550. The van der Waals surface area contributed by atoms with E-state index in [1.54, 1.807) is 62.6 Å². The normalized spacial score (nSPS) is 17.4. The fraction of sp³-hybridized carbons (Fsp3) is 0.231. The van der Waals surface area contributed by atoms with E-state index in [1.807, 2.05) is 19.1 Å². The van der Waals surface area contributed by atoms with E-state index in [2.05, 4.69) is 0 Å². The highest BCUT2D eigenvalue weighted by molar-refractivity contribution is 6.46. The van der Waals surface area contributed by atoms with Crippen molar-refractivity contribution in [2.24, 2.45) is 0 Å². The van der Waals surface area contributed by atoms with Gasteiger partial charge in [0.1, 0.15) is 34.8 Å². The number of aliphatic hydroxyl groups is 1. The maximum absolute atomic E-state index is 13.1. The van der Waals surface area contributed by atoms with Gasteiger partial charge < -0.3 is 23.9 Å². The van der Waals surface area contributed by atoms with Gasteiger partial charge >= 0.3 is 0 Å². The minimum absolute atomic E-state index is 0.0171. The summed E-state index contributed by atoms with van der Waals surface area (Å²) in [7, 11) is 1.58. The van der Waals surface area contributed by atoms with Crippen LogP contribution in [0.1, 0.15) is 35.6 Å². The molecule has 1 amide bonds. The zero-order chi connectivity index (χ0) is 23.5. The molecule has 3 aromatic rings. The summed E-state index contributed by atoms with van der Waals surface area (Å²) < 4.78 is 16.5. The van der Waals surface area contributed by atoms with Gasteiger partial charge in [-0.2, -0.15) is 0 Å². The predicted molar refractivity (Wildman–Crippen MR) is 122 cm³/mol. The number of rotatable bonds is 7. The molecule has 7 heteroatoms. The molecule has 1 aliphatic rings. The highest BCUT2D eigenvalue weighted by Gasteiger charge is 2.47. The molecule has 2 aromatic carbocycles. The monoisotopic (exact) mass is 447 g/mol. The molecule has 4 rings (SSSR count). The standard InChI is InChI=1S/C26H25NO6/c1-4-32-20-7-5-6-18(14-20)24(28)22-23(21-13-8-16(2)33-21)27(26(30)25(22)29)15-17-9-11-19(31-3)12-10-17/h5-14,23,28H,4,15H2,1-3H3/b24-22-. The number of hydrogen-bond acceptors (Lipinski definition) is 6. The Bertz CT molecular complexity index is 1210. The molecule has 0 bridgehead atoms. The SMILES string of the molecule is CCOc1cccc(/C(O)=C2/C(=O)C(=O)N(Cc3ccc(OC)cc3)C2c2ccc(C)o2)c1. The molecule has 2 heterocycles. The molecule has 7 nitrogen and oxygen atoms in total. The van der Waals surface area contributed by atoms with Crippen LogP contribution in [-0.4, -0.2) is 35.4 Å². The van der Waals surface area contributed by atoms with Crippen LogP contribution in [0.5, 0.6) is 11.5 Å². The molecule has 1 aromatic heterocycles. The fourth-order valence-corrected chi connectivity index (χ4v) is 3.92. The highest BCUT2D eigenvalue weighted by atomic mass is 16.5. The van der Waals surface area contributed by atoms with Crippen molar-refractivity contribution < 1.29 is 28.6 Å². The van der Waals surface area contributed by atoms with Crippen LogP contribution in [0.3, 0.4) is 0 Å². The second-order valence-corrected chi connectivity index (χ2v) is 7.68. The summed E-state index contributed by atoms with van der Waals surface area (Å²) in [6, 6.07) is 16.6. The zero-order valence-corrected chi connectivity index (χ0v) is 18.7. The zero-order valence-electron chi connectivity index (χ0n) is 18.7. The van der Waals surface area contributed by atoms with Crippen molar-refractivity contribution in [3.63, 3.8) is 0 Å². The molecule has 0 radical (unpaired) electrons. The molecule has 170 valence electrons. The van der Waals surface area contributed by atoms with Gasteiger partial charge in [-0.05, 0) is 55.8 Å². The molecule has 33 heavy (non-hydrogen) atoms. The van der Waals surface area contributed by atoms with Gasteiger partial charge in [0, 0.05) is 12.1 Å². The number of nitrogens with zero attached hydrogens (tertiary/aromatic N) is 1. The number of likely N-dealkylation sites (tertiary alicyclic amines) is 1. The first kappa shape index (κ1) is 22.2. The van der Waals surface area contributed by atoms with Crippen molar-refractivity contribution in [1.82, 2.24) is 4.90 Å². The van der Waals surface area contributed by atoms with Crippen molar-refractivity contribution in [1.29, 1.82) is 0 Å². The number of hydrogen-bond donors (Lipinski definition) is 1. The van der Waals surface area contributed by atoms with Gasteiger partial charge in [0.05, 0.1) is 19.3 Å². The number of ether oxygens (including phenoxy) is 2. The third kappa shape index (κ3) is 4.35. The van der Waals surface area contributed by atoms with E-state index < -0.39 is 17.7 Å². The van der Waals surface area contributed by atoms with Crippen molar-refractivity contribution in [3.05, 3.63) is 88.9 Å². The molecule has 1 saturated heterocycles. The average Bonchev–Trinajstić information content (AvgIpc) is 3.35. The summed E-state index contributed by atoms with van der Waals surface area (Å²) in [4.78, 5) is 27.6. The van der Waals surface area contributed by atoms with Crippen molar-refractivity contribution >= 4 is 17.4 Å². The fourth-order valence-electron chi connectivity index (χ4n) is 3.92. The molecule has 1 fully saturated rings. The van der Waals surface area contributed by atoms with Gasteiger partial charge in [0.15, 0.2) is 0 Å². The minimum Gasteiger partial charge on any atom is -0.507 e. The third-order valence-corrected chi connectivity index (χ3v) is 5.50. The van der Waals surface area contributed by atoms with Crippen molar-refractivity contribution in [2.45, 2.75) is 26.4 Å². The summed E-state index contributed by atoms with van der Waals surface area (Å²) in [5, 5.41) is 11.2. The minimum atomic E-state index is -0.864. The van der Waals surface area contributed by atoms with Gasteiger partial charge in [-0.15, -0.1) is 0 Å². The lowest BCUT2D eigenvalue weighted by Gasteiger charge is -2.23.